The summed E-state index contributed by atoms with van der Waals surface area (Å²) in [5, 5.41) is 9.77. The highest BCUT2D eigenvalue weighted by Gasteiger charge is 2.35. The summed E-state index contributed by atoms with van der Waals surface area (Å²) in [6.07, 6.45) is 0. The first-order valence-corrected chi connectivity index (χ1v) is 20.5. The van der Waals surface area contributed by atoms with Crippen LogP contribution in [0.25, 0.3) is 87.6 Å². The standard InChI is InChI=1S/C57H39NO/c1-57(2)50-27-10-8-21-43(50)44-30-29-41(35-51(44)57)58(39-19-12-17-37(33-39)36-15-4-3-5-16-36)40-20-13-18-38(34-40)42-25-14-26-46-48-31-32-53-56(49-24-9-11-28-52(49)59-53)55(48)47-23-7-6-22-45(47)54(42)46/h3-35H,1-2H3. The lowest BCUT2D eigenvalue weighted by atomic mass is 9.82. The van der Waals surface area contributed by atoms with E-state index in [1.54, 1.807) is 0 Å². The van der Waals surface area contributed by atoms with E-state index < -0.39 is 0 Å². The zero-order valence-electron chi connectivity index (χ0n) is 32.9. The van der Waals surface area contributed by atoms with E-state index in [9.17, 15) is 0 Å². The average molecular weight is 754 g/mol. The van der Waals surface area contributed by atoms with E-state index in [-0.39, 0.29) is 5.41 Å². The van der Waals surface area contributed by atoms with Crippen molar-refractivity contribution in [2.24, 2.45) is 0 Å². The van der Waals surface area contributed by atoms with Crippen LogP contribution in [-0.2, 0) is 5.41 Å². The highest BCUT2D eigenvalue weighted by Crippen LogP contribution is 2.51. The molecule has 0 radical (unpaired) electrons. The average Bonchev–Trinajstić information content (AvgIpc) is 3.78. The topological polar surface area (TPSA) is 16.4 Å². The third kappa shape index (κ3) is 5.06. The maximum Gasteiger partial charge on any atom is 0.136 e. The molecule has 1 aliphatic carbocycles. The van der Waals surface area contributed by atoms with Crippen LogP contribution in [-0.4, -0.2) is 0 Å². The Bertz CT molecular complexity index is 3450. The SMILES string of the molecule is CC1(C)c2ccccc2-c2ccc(N(c3cccc(-c4ccccc4)c3)c3cccc(-c4cccc5c6ccc7oc8ccccc8c7c6c6ccccc6c45)c3)cc21. The summed E-state index contributed by atoms with van der Waals surface area (Å²) >= 11 is 0. The van der Waals surface area contributed by atoms with Crippen molar-refractivity contribution in [3.63, 3.8) is 0 Å². The number of furan rings is 1. The number of nitrogens with zero attached hydrogens (tertiary/aromatic N) is 1. The van der Waals surface area contributed by atoms with Gasteiger partial charge >= 0.3 is 0 Å². The number of fused-ring (bicyclic) bond motifs is 13. The number of benzene rings is 10. The first-order chi connectivity index (χ1) is 29.0. The molecule has 0 saturated heterocycles. The lowest BCUT2D eigenvalue weighted by Crippen LogP contribution is -2.16. The minimum absolute atomic E-state index is 0.123. The molecule has 0 spiro atoms. The molecule has 2 nitrogen and oxygen atoms in total. The highest BCUT2D eigenvalue weighted by atomic mass is 16.3. The van der Waals surface area contributed by atoms with Gasteiger partial charge in [0.2, 0.25) is 0 Å². The molecule has 0 atom stereocenters. The highest BCUT2D eigenvalue weighted by molar-refractivity contribution is 6.36. The van der Waals surface area contributed by atoms with E-state index in [1.165, 1.54) is 82.2 Å². The van der Waals surface area contributed by atoms with Crippen molar-refractivity contribution in [1.29, 1.82) is 0 Å². The molecule has 11 aromatic rings. The van der Waals surface area contributed by atoms with Gasteiger partial charge < -0.3 is 9.32 Å². The van der Waals surface area contributed by atoms with Crippen molar-refractivity contribution < 1.29 is 4.42 Å². The summed E-state index contributed by atoms with van der Waals surface area (Å²) in [7, 11) is 0. The molecule has 1 heterocycles. The lowest BCUT2D eigenvalue weighted by Gasteiger charge is -2.29. The molecule has 278 valence electrons. The smallest absolute Gasteiger partial charge is 0.136 e. The van der Waals surface area contributed by atoms with Gasteiger partial charge in [0.25, 0.3) is 0 Å². The second kappa shape index (κ2) is 12.8. The summed E-state index contributed by atoms with van der Waals surface area (Å²) in [6.45, 7) is 4.72. The number of anilines is 3. The molecule has 0 saturated carbocycles. The minimum atomic E-state index is -0.123. The van der Waals surface area contributed by atoms with Gasteiger partial charge in [0.05, 0.1) is 0 Å². The number of para-hydroxylation sites is 1. The lowest BCUT2D eigenvalue weighted by molar-refractivity contribution is 0.660. The fourth-order valence-corrected chi connectivity index (χ4v) is 10.1. The van der Waals surface area contributed by atoms with Crippen LogP contribution in [0.2, 0.25) is 0 Å². The zero-order chi connectivity index (χ0) is 39.2. The first-order valence-electron chi connectivity index (χ1n) is 20.5. The molecule has 0 unspecified atom stereocenters. The van der Waals surface area contributed by atoms with E-state index in [4.69, 9.17) is 4.42 Å². The van der Waals surface area contributed by atoms with Crippen LogP contribution in [0.3, 0.4) is 0 Å². The second-order valence-electron chi connectivity index (χ2n) is 16.4. The fraction of sp³-hybridized carbons (Fsp3) is 0.0526. The van der Waals surface area contributed by atoms with Crippen LogP contribution in [0.4, 0.5) is 17.1 Å². The Balaban J connectivity index is 1.08. The number of rotatable bonds is 5. The Hall–Kier alpha value is -7.42. The van der Waals surface area contributed by atoms with Crippen LogP contribution in [0.1, 0.15) is 25.0 Å². The summed E-state index contributed by atoms with van der Waals surface area (Å²) in [5.41, 5.74) is 15.2. The van der Waals surface area contributed by atoms with Gasteiger partial charge in [0, 0.05) is 38.6 Å². The summed E-state index contributed by atoms with van der Waals surface area (Å²) < 4.78 is 6.40. The van der Waals surface area contributed by atoms with Gasteiger partial charge in [0.1, 0.15) is 11.2 Å². The maximum absolute atomic E-state index is 6.40. The van der Waals surface area contributed by atoms with Gasteiger partial charge in [-0.25, -0.2) is 0 Å². The van der Waals surface area contributed by atoms with Crippen LogP contribution in [0.5, 0.6) is 0 Å². The molecule has 0 N–H and O–H groups in total. The maximum atomic E-state index is 6.40. The van der Waals surface area contributed by atoms with Gasteiger partial charge in [-0.15, -0.1) is 0 Å². The summed E-state index contributed by atoms with van der Waals surface area (Å²) in [6, 6.07) is 73.2. The fourth-order valence-electron chi connectivity index (χ4n) is 10.1. The predicted octanol–water partition coefficient (Wildman–Crippen LogP) is 16.2. The van der Waals surface area contributed by atoms with E-state index in [0.29, 0.717) is 0 Å². The molecule has 10 aromatic carbocycles. The molecular formula is C57H39NO. The molecule has 0 bridgehead atoms. The van der Waals surface area contributed by atoms with Crippen LogP contribution >= 0.6 is 0 Å². The van der Waals surface area contributed by atoms with Gasteiger partial charge in [-0.3, -0.25) is 0 Å². The molecule has 0 amide bonds. The van der Waals surface area contributed by atoms with Crippen molar-refractivity contribution in [2.45, 2.75) is 19.3 Å². The van der Waals surface area contributed by atoms with E-state index in [1.807, 2.05) is 6.07 Å². The molecule has 1 aromatic heterocycles. The molecule has 0 aliphatic heterocycles. The van der Waals surface area contributed by atoms with Crippen molar-refractivity contribution >= 4 is 71.3 Å². The Morgan fingerprint density at radius 2 is 0.898 bits per heavy atom. The minimum Gasteiger partial charge on any atom is -0.456 e. The van der Waals surface area contributed by atoms with Crippen LogP contribution < -0.4 is 4.90 Å². The van der Waals surface area contributed by atoms with E-state index >= 15 is 0 Å². The third-order valence-electron chi connectivity index (χ3n) is 12.8. The second-order valence-corrected chi connectivity index (χ2v) is 16.4. The van der Waals surface area contributed by atoms with E-state index in [2.05, 4.69) is 213 Å². The largest absolute Gasteiger partial charge is 0.456 e. The molecule has 59 heavy (non-hydrogen) atoms. The zero-order valence-corrected chi connectivity index (χ0v) is 32.9. The predicted molar refractivity (Wildman–Crippen MR) is 249 cm³/mol. The third-order valence-corrected chi connectivity index (χ3v) is 12.8. The summed E-state index contributed by atoms with van der Waals surface area (Å²) in [5.74, 6) is 0. The number of hydrogen-bond acceptors (Lipinski definition) is 2. The Labute approximate surface area is 343 Å². The molecule has 1 aliphatic rings. The van der Waals surface area contributed by atoms with Crippen LogP contribution in [0, 0.1) is 0 Å². The van der Waals surface area contributed by atoms with Crippen molar-refractivity contribution in [2.75, 3.05) is 4.90 Å². The molecular weight excluding hydrogens is 715 g/mol. The normalized spacial score (nSPS) is 13.1. The quantitative estimate of drug-likeness (QED) is 0.163. The molecule has 12 rings (SSSR count). The number of hydrogen-bond donors (Lipinski definition) is 0. The van der Waals surface area contributed by atoms with Crippen molar-refractivity contribution in [1.82, 2.24) is 0 Å². The first kappa shape index (κ1) is 33.7. The van der Waals surface area contributed by atoms with Gasteiger partial charge in [0.15, 0.2) is 0 Å². The van der Waals surface area contributed by atoms with Crippen molar-refractivity contribution in [3.05, 3.63) is 211 Å². The van der Waals surface area contributed by atoms with E-state index in [0.717, 1.165) is 33.6 Å². The summed E-state index contributed by atoms with van der Waals surface area (Å²) in [4.78, 5) is 2.44. The van der Waals surface area contributed by atoms with Gasteiger partial charge in [-0.1, -0.05) is 159 Å². The van der Waals surface area contributed by atoms with Gasteiger partial charge in [-0.2, -0.15) is 0 Å². The molecule has 2 heteroatoms. The van der Waals surface area contributed by atoms with Crippen LogP contribution in [0.15, 0.2) is 205 Å². The Morgan fingerprint density at radius 1 is 0.339 bits per heavy atom. The molecule has 0 fully saturated rings. The monoisotopic (exact) mass is 753 g/mol. The Morgan fingerprint density at radius 3 is 1.71 bits per heavy atom. The van der Waals surface area contributed by atoms with Gasteiger partial charge in [-0.05, 0) is 126 Å². The Kier molecular flexibility index (Phi) is 7.31. The van der Waals surface area contributed by atoms with Crippen molar-refractivity contribution in [3.8, 4) is 33.4 Å².